The van der Waals surface area contributed by atoms with Gasteiger partial charge < -0.3 is 9.88 Å². The van der Waals surface area contributed by atoms with Gasteiger partial charge in [-0.1, -0.05) is 54.9 Å². The van der Waals surface area contributed by atoms with E-state index in [9.17, 15) is 4.79 Å². The molecular formula is C27H39N5OS. The number of piperidine rings is 1. The van der Waals surface area contributed by atoms with E-state index >= 15 is 0 Å². The summed E-state index contributed by atoms with van der Waals surface area (Å²) in [5.41, 5.74) is 1.23. The number of thioether (sulfide) groups is 1. The van der Waals surface area contributed by atoms with Gasteiger partial charge in [0.2, 0.25) is 5.91 Å². The fraction of sp³-hybridized carbons (Fsp3) is 0.667. The molecule has 5 rings (SSSR count). The Labute approximate surface area is 208 Å². The van der Waals surface area contributed by atoms with Gasteiger partial charge in [0.15, 0.2) is 5.16 Å². The average molecular weight is 482 g/mol. The van der Waals surface area contributed by atoms with Crippen molar-refractivity contribution in [1.29, 1.82) is 0 Å². The van der Waals surface area contributed by atoms with Crippen LogP contribution in [0.15, 0.2) is 35.5 Å². The van der Waals surface area contributed by atoms with Crippen LogP contribution in [0, 0.1) is 17.8 Å². The summed E-state index contributed by atoms with van der Waals surface area (Å²) in [7, 11) is 0. The summed E-state index contributed by atoms with van der Waals surface area (Å²) in [6.07, 6.45) is 9.24. The van der Waals surface area contributed by atoms with E-state index in [0.29, 0.717) is 5.92 Å². The Bertz CT molecular complexity index is 957. The molecule has 0 radical (unpaired) electrons. The van der Waals surface area contributed by atoms with Crippen molar-refractivity contribution in [3.05, 3.63) is 41.7 Å². The molecule has 1 saturated heterocycles. The molecule has 2 saturated carbocycles. The summed E-state index contributed by atoms with van der Waals surface area (Å²) < 4.78 is 2.22. The number of nitrogens with one attached hydrogen (secondary N) is 1. The van der Waals surface area contributed by atoms with Gasteiger partial charge >= 0.3 is 0 Å². The molecule has 1 aliphatic heterocycles. The minimum atomic E-state index is -0.206. The second kappa shape index (κ2) is 10.8. The summed E-state index contributed by atoms with van der Waals surface area (Å²) >= 11 is 1.54. The number of nitrogens with zero attached hydrogens (tertiary/aromatic N) is 4. The van der Waals surface area contributed by atoms with Gasteiger partial charge in [0.25, 0.3) is 0 Å². The molecule has 1 aromatic carbocycles. The van der Waals surface area contributed by atoms with Gasteiger partial charge in [-0.15, -0.1) is 10.2 Å². The number of amides is 1. The molecule has 184 valence electrons. The van der Waals surface area contributed by atoms with Gasteiger partial charge in [-0.3, -0.25) is 9.69 Å². The van der Waals surface area contributed by atoms with E-state index in [4.69, 9.17) is 0 Å². The van der Waals surface area contributed by atoms with Crippen LogP contribution < -0.4 is 5.32 Å². The molecule has 2 heterocycles. The third-order valence-electron chi connectivity index (χ3n) is 8.25. The number of fused-ring (bicyclic) bond motifs is 2. The van der Waals surface area contributed by atoms with Crippen molar-refractivity contribution >= 4 is 17.7 Å². The van der Waals surface area contributed by atoms with E-state index in [0.717, 1.165) is 49.0 Å². The zero-order chi connectivity index (χ0) is 23.5. The second-order valence-electron chi connectivity index (χ2n) is 10.7. The van der Waals surface area contributed by atoms with Crippen LogP contribution in [0.25, 0.3) is 0 Å². The Balaban J connectivity index is 1.26. The van der Waals surface area contributed by atoms with Crippen molar-refractivity contribution in [1.82, 2.24) is 25.0 Å². The predicted molar refractivity (Wildman–Crippen MR) is 137 cm³/mol. The number of carbonyl (C=O) groups is 1. The van der Waals surface area contributed by atoms with Gasteiger partial charge in [-0.05, 0) is 82.4 Å². The largest absolute Gasteiger partial charge is 0.352 e. The number of carbonyl (C=O) groups excluding carboxylic acids is 1. The lowest BCUT2D eigenvalue weighted by Gasteiger charge is -2.29. The minimum absolute atomic E-state index is 0.118. The molecule has 2 aromatic rings. The maximum Gasteiger partial charge on any atom is 0.233 e. The summed E-state index contributed by atoms with van der Waals surface area (Å²) in [6, 6.07) is 10.7. The molecule has 3 fully saturated rings. The van der Waals surface area contributed by atoms with Crippen LogP contribution in [0.1, 0.15) is 70.2 Å². The lowest BCUT2D eigenvalue weighted by atomic mass is 9.84. The molecule has 34 heavy (non-hydrogen) atoms. The highest BCUT2D eigenvalue weighted by atomic mass is 32.2. The third-order valence-corrected chi connectivity index (χ3v) is 9.33. The first kappa shape index (κ1) is 23.9. The van der Waals surface area contributed by atoms with Crippen LogP contribution in [0.2, 0.25) is 0 Å². The van der Waals surface area contributed by atoms with E-state index in [1.54, 1.807) is 0 Å². The Morgan fingerprint density at radius 2 is 1.85 bits per heavy atom. The first-order valence-electron chi connectivity index (χ1n) is 13.2. The number of hydrogen-bond acceptors (Lipinski definition) is 5. The molecule has 0 spiro atoms. The van der Waals surface area contributed by atoms with Crippen LogP contribution >= 0.6 is 11.8 Å². The third kappa shape index (κ3) is 5.51. The summed E-state index contributed by atoms with van der Waals surface area (Å²) in [4.78, 5) is 15.6. The Hall–Kier alpha value is -1.86. The zero-order valence-electron chi connectivity index (χ0n) is 20.7. The van der Waals surface area contributed by atoms with E-state index in [1.807, 2.05) is 13.0 Å². The SMILES string of the molecule is C[C@H](NC(=O)[C@@H](C)Sc1nnc(CN2CCCCC2)n1Cc1ccccc1)[C@H]1C[C@@H]2CC[C@@H]1C2. The molecule has 5 atom stereocenters. The van der Waals surface area contributed by atoms with E-state index < -0.39 is 0 Å². The van der Waals surface area contributed by atoms with Crippen molar-refractivity contribution in [2.45, 2.75) is 88.3 Å². The van der Waals surface area contributed by atoms with Crippen LogP contribution in [0.5, 0.6) is 0 Å². The second-order valence-corrected chi connectivity index (χ2v) is 12.0. The standard InChI is InChI=1S/C27H39N5OS/c1-19(24-16-22-11-12-23(24)15-22)28-26(33)20(2)34-27-30-29-25(18-31-13-7-4-8-14-31)32(27)17-21-9-5-3-6-10-21/h3,5-6,9-10,19-20,22-24H,4,7-8,11-18H2,1-2H3,(H,28,33)/t19-,20+,22+,23+,24+/m0/s1. The minimum Gasteiger partial charge on any atom is -0.352 e. The molecule has 0 unspecified atom stereocenters. The topological polar surface area (TPSA) is 63.1 Å². The van der Waals surface area contributed by atoms with Crippen molar-refractivity contribution in [2.75, 3.05) is 13.1 Å². The molecule has 6 nitrogen and oxygen atoms in total. The number of likely N-dealkylation sites (tertiary alicyclic amines) is 1. The Kier molecular flexibility index (Phi) is 7.59. The monoisotopic (exact) mass is 481 g/mol. The number of hydrogen-bond donors (Lipinski definition) is 1. The van der Waals surface area contributed by atoms with Gasteiger partial charge in [0, 0.05) is 6.04 Å². The fourth-order valence-electron chi connectivity index (χ4n) is 6.33. The first-order chi connectivity index (χ1) is 16.6. The van der Waals surface area contributed by atoms with Crippen molar-refractivity contribution < 1.29 is 4.79 Å². The summed E-state index contributed by atoms with van der Waals surface area (Å²) in [6.45, 7) is 8.01. The average Bonchev–Trinajstić information content (AvgIpc) is 3.58. The van der Waals surface area contributed by atoms with Crippen LogP contribution in [-0.4, -0.2) is 50.0 Å². The summed E-state index contributed by atoms with van der Waals surface area (Å²) in [5, 5.41) is 13.1. The fourth-order valence-corrected chi connectivity index (χ4v) is 7.21. The molecule has 3 aliphatic rings. The number of rotatable bonds is 9. The molecule has 1 N–H and O–H groups in total. The number of benzene rings is 1. The van der Waals surface area contributed by atoms with Crippen LogP contribution in [-0.2, 0) is 17.9 Å². The van der Waals surface area contributed by atoms with Crippen molar-refractivity contribution in [3.8, 4) is 0 Å². The number of aromatic nitrogens is 3. The zero-order valence-corrected chi connectivity index (χ0v) is 21.5. The quantitative estimate of drug-likeness (QED) is 0.525. The molecule has 7 heteroatoms. The Morgan fingerprint density at radius 3 is 2.56 bits per heavy atom. The highest BCUT2D eigenvalue weighted by Crippen LogP contribution is 2.49. The molecule has 1 aromatic heterocycles. The molecular weight excluding hydrogens is 442 g/mol. The van der Waals surface area contributed by atoms with E-state index in [-0.39, 0.29) is 17.2 Å². The summed E-state index contributed by atoms with van der Waals surface area (Å²) in [5.74, 6) is 3.48. The van der Waals surface area contributed by atoms with Gasteiger partial charge in [0.05, 0.1) is 18.3 Å². The van der Waals surface area contributed by atoms with Crippen molar-refractivity contribution in [3.63, 3.8) is 0 Å². The van der Waals surface area contributed by atoms with Gasteiger partial charge in [0.1, 0.15) is 5.82 Å². The lowest BCUT2D eigenvalue weighted by molar-refractivity contribution is -0.121. The smallest absolute Gasteiger partial charge is 0.233 e. The normalized spacial score (nSPS) is 26.5. The molecule has 2 bridgehead atoms. The Morgan fingerprint density at radius 1 is 1.06 bits per heavy atom. The van der Waals surface area contributed by atoms with E-state index in [1.165, 1.54) is 62.3 Å². The van der Waals surface area contributed by atoms with E-state index in [2.05, 4.69) is 56.2 Å². The maximum absolute atomic E-state index is 13.1. The predicted octanol–water partition coefficient (Wildman–Crippen LogP) is 4.73. The van der Waals surface area contributed by atoms with Gasteiger partial charge in [-0.25, -0.2) is 0 Å². The lowest BCUT2D eigenvalue weighted by Crippen LogP contribution is -2.43. The van der Waals surface area contributed by atoms with Gasteiger partial charge in [-0.2, -0.15) is 0 Å². The first-order valence-corrected chi connectivity index (χ1v) is 14.1. The molecule has 1 amide bonds. The molecule has 2 aliphatic carbocycles. The van der Waals surface area contributed by atoms with Crippen LogP contribution in [0.3, 0.4) is 0 Å². The van der Waals surface area contributed by atoms with Crippen LogP contribution in [0.4, 0.5) is 0 Å². The highest BCUT2D eigenvalue weighted by Gasteiger charge is 2.42. The highest BCUT2D eigenvalue weighted by molar-refractivity contribution is 8.00. The van der Waals surface area contributed by atoms with Crippen molar-refractivity contribution in [2.24, 2.45) is 17.8 Å². The maximum atomic E-state index is 13.1.